The first-order chi connectivity index (χ1) is 15.1. The van der Waals surface area contributed by atoms with E-state index in [0.29, 0.717) is 11.4 Å². The molecule has 0 unspecified atom stereocenters. The van der Waals surface area contributed by atoms with Gasteiger partial charge >= 0.3 is 12.1 Å². The molecule has 3 rings (SSSR count). The van der Waals surface area contributed by atoms with Crippen LogP contribution in [0.4, 0.5) is 13.2 Å². The van der Waals surface area contributed by atoms with E-state index >= 15 is 0 Å². The number of carboxylic acid groups (broad SMARTS) is 1. The van der Waals surface area contributed by atoms with Gasteiger partial charge in [-0.25, -0.2) is 9.48 Å². The molecule has 0 aliphatic rings. The molecule has 0 fully saturated rings. The van der Waals surface area contributed by atoms with E-state index in [4.69, 9.17) is 9.84 Å². The molecule has 1 aromatic heterocycles. The molecule has 9 heteroatoms. The summed E-state index contributed by atoms with van der Waals surface area (Å²) in [6, 6.07) is 10.5. The minimum Gasteiger partial charge on any atom is -0.482 e. The van der Waals surface area contributed by atoms with E-state index in [-0.39, 0.29) is 5.25 Å². The van der Waals surface area contributed by atoms with Gasteiger partial charge in [-0.3, -0.25) is 0 Å². The van der Waals surface area contributed by atoms with Crippen LogP contribution in [0.2, 0.25) is 0 Å². The maximum atomic E-state index is 12.8. The zero-order chi connectivity index (χ0) is 23.5. The molecular weight excluding hydrogens is 441 g/mol. The Morgan fingerprint density at radius 2 is 1.88 bits per heavy atom. The van der Waals surface area contributed by atoms with Crippen molar-refractivity contribution in [2.75, 3.05) is 6.61 Å². The molecule has 0 bridgehead atoms. The van der Waals surface area contributed by atoms with Crippen molar-refractivity contribution in [3.63, 3.8) is 0 Å². The highest BCUT2D eigenvalue weighted by Gasteiger charge is 2.30. The largest absolute Gasteiger partial charge is 0.482 e. The van der Waals surface area contributed by atoms with Crippen LogP contribution < -0.4 is 4.74 Å². The van der Waals surface area contributed by atoms with Crippen molar-refractivity contribution in [1.82, 2.24) is 9.78 Å². The Labute approximate surface area is 188 Å². The minimum absolute atomic E-state index is 0.0865. The Balaban J connectivity index is 1.79. The van der Waals surface area contributed by atoms with Crippen molar-refractivity contribution < 1.29 is 27.8 Å². The maximum absolute atomic E-state index is 12.8. The first-order valence-corrected chi connectivity index (χ1v) is 10.8. The molecule has 0 aliphatic carbocycles. The Kier molecular flexibility index (Phi) is 7.18. The number of ether oxygens (including phenoxy) is 1. The second-order valence-electron chi connectivity index (χ2n) is 7.28. The van der Waals surface area contributed by atoms with Crippen molar-refractivity contribution in [3.8, 4) is 11.4 Å². The van der Waals surface area contributed by atoms with E-state index in [9.17, 15) is 18.0 Å². The monoisotopic (exact) mass is 464 g/mol. The number of carbonyl (C=O) groups is 1. The Morgan fingerprint density at radius 3 is 2.44 bits per heavy atom. The molecule has 3 aromatic rings. The van der Waals surface area contributed by atoms with Gasteiger partial charge in [0.2, 0.25) is 0 Å². The molecule has 2 aromatic carbocycles. The van der Waals surface area contributed by atoms with Crippen LogP contribution in [0.15, 0.2) is 53.6 Å². The van der Waals surface area contributed by atoms with Crippen LogP contribution in [-0.4, -0.2) is 27.5 Å². The highest BCUT2D eigenvalue weighted by molar-refractivity contribution is 7.99. The summed E-state index contributed by atoms with van der Waals surface area (Å²) < 4.78 is 45.3. The predicted molar refractivity (Wildman–Crippen MR) is 117 cm³/mol. The number of aryl methyl sites for hydroxylation is 2. The lowest BCUT2D eigenvalue weighted by Gasteiger charge is -2.15. The van der Waals surface area contributed by atoms with E-state index in [1.54, 1.807) is 22.5 Å². The average Bonchev–Trinajstić information content (AvgIpc) is 3.12. The third-order valence-electron chi connectivity index (χ3n) is 4.89. The summed E-state index contributed by atoms with van der Waals surface area (Å²) in [5.74, 6) is -0.509. The lowest BCUT2D eigenvalue weighted by Crippen LogP contribution is -2.10. The molecule has 0 saturated heterocycles. The molecule has 5 nitrogen and oxygen atoms in total. The fourth-order valence-electron chi connectivity index (χ4n) is 3.25. The summed E-state index contributed by atoms with van der Waals surface area (Å²) in [5.41, 5.74) is 2.51. The van der Waals surface area contributed by atoms with Gasteiger partial charge in [-0.15, -0.1) is 11.8 Å². The van der Waals surface area contributed by atoms with E-state index in [1.807, 2.05) is 32.2 Å². The topological polar surface area (TPSA) is 64.3 Å². The van der Waals surface area contributed by atoms with E-state index in [0.717, 1.165) is 40.3 Å². The smallest absolute Gasteiger partial charge is 0.416 e. The third-order valence-corrected chi connectivity index (χ3v) is 6.29. The molecule has 0 saturated carbocycles. The molecule has 32 heavy (non-hydrogen) atoms. The van der Waals surface area contributed by atoms with Crippen molar-refractivity contribution in [2.45, 2.75) is 43.5 Å². The molecule has 1 heterocycles. The van der Waals surface area contributed by atoms with Crippen molar-refractivity contribution >= 4 is 17.7 Å². The molecule has 0 radical (unpaired) electrons. The fourth-order valence-corrected chi connectivity index (χ4v) is 4.50. The number of hydrogen-bond acceptors (Lipinski definition) is 4. The highest BCUT2D eigenvalue weighted by Crippen LogP contribution is 2.40. The van der Waals surface area contributed by atoms with Gasteiger partial charge < -0.3 is 9.84 Å². The normalized spacial score (nSPS) is 12.6. The average molecular weight is 465 g/mol. The minimum atomic E-state index is -4.37. The van der Waals surface area contributed by atoms with Gasteiger partial charge in [0.1, 0.15) is 5.75 Å². The fraction of sp³-hybridized carbons (Fsp3) is 0.304. The van der Waals surface area contributed by atoms with Crippen molar-refractivity contribution in [3.05, 3.63) is 71.0 Å². The van der Waals surface area contributed by atoms with Gasteiger partial charge in [0.25, 0.3) is 0 Å². The summed E-state index contributed by atoms with van der Waals surface area (Å²) in [7, 11) is 0. The Hall–Kier alpha value is -2.94. The second kappa shape index (κ2) is 9.68. The number of alkyl halides is 3. The standard InChI is InChI=1S/C23H23F3N2O3S/c1-4-21(32-18-9-10-20(14(2)11-18)31-13-22(29)30)19-12-28(27-15(19)3)17-7-5-16(6-8-17)23(24,25)26/h5-12,21H,4,13H2,1-3H3,(H,29,30)/t21-/m0/s1. The van der Waals surface area contributed by atoms with E-state index < -0.39 is 24.3 Å². The van der Waals surface area contributed by atoms with Crippen LogP contribution in [0, 0.1) is 13.8 Å². The second-order valence-corrected chi connectivity index (χ2v) is 8.56. The van der Waals surface area contributed by atoms with Gasteiger partial charge in [0.05, 0.1) is 16.9 Å². The van der Waals surface area contributed by atoms with Crippen LogP contribution in [0.5, 0.6) is 5.75 Å². The molecule has 1 atom stereocenters. The number of benzene rings is 2. The van der Waals surface area contributed by atoms with Crippen LogP contribution in [0.25, 0.3) is 5.69 Å². The number of carboxylic acids is 1. The Morgan fingerprint density at radius 1 is 1.19 bits per heavy atom. The molecular formula is C23H23F3N2O3S. The summed E-state index contributed by atoms with van der Waals surface area (Å²) in [6.45, 7) is 5.40. The van der Waals surface area contributed by atoms with Crippen LogP contribution in [0.3, 0.4) is 0 Å². The number of aromatic nitrogens is 2. The number of halogens is 3. The van der Waals surface area contributed by atoms with Gasteiger partial charge in [-0.2, -0.15) is 18.3 Å². The molecule has 170 valence electrons. The van der Waals surface area contributed by atoms with E-state index in [2.05, 4.69) is 12.0 Å². The van der Waals surface area contributed by atoms with Crippen LogP contribution >= 0.6 is 11.8 Å². The predicted octanol–water partition coefficient (Wildman–Crippen LogP) is 6.21. The van der Waals surface area contributed by atoms with E-state index in [1.165, 1.54) is 12.1 Å². The summed E-state index contributed by atoms with van der Waals surface area (Å²) in [6.07, 6.45) is -1.70. The summed E-state index contributed by atoms with van der Waals surface area (Å²) in [5, 5.41) is 13.4. The molecule has 0 amide bonds. The third kappa shape index (κ3) is 5.64. The molecule has 0 spiro atoms. The zero-order valence-electron chi connectivity index (χ0n) is 17.8. The van der Waals surface area contributed by atoms with Gasteiger partial charge in [0, 0.05) is 21.9 Å². The van der Waals surface area contributed by atoms with Gasteiger partial charge in [-0.1, -0.05) is 6.92 Å². The highest BCUT2D eigenvalue weighted by atomic mass is 32.2. The lowest BCUT2D eigenvalue weighted by molar-refractivity contribution is -0.139. The Bertz CT molecular complexity index is 1090. The molecule has 1 N–H and O–H groups in total. The lowest BCUT2D eigenvalue weighted by atomic mass is 10.1. The van der Waals surface area contributed by atoms with Gasteiger partial charge in [-0.05, 0) is 68.3 Å². The first kappa shape index (κ1) is 23.7. The number of hydrogen-bond donors (Lipinski definition) is 1. The van der Waals surface area contributed by atoms with Crippen molar-refractivity contribution in [2.24, 2.45) is 0 Å². The van der Waals surface area contributed by atoms with Gasteiger partial charge in [0.15, 0.2) is 6.61 Å². The zero-order valence-corrected chi connectivity index (χ0v) is 18.6. The quantitative estimate of drug-likeness (QED) is 0.401. The number of nitrogens with zero attached hydrogens (tertiary/aromatic N) is 2. The SMILES string of the molecule is CC[C@H](Sc1ccc(OCC(=O)O)c(C)c1)c1cn(-c2ccc(C(F)(F)F)cc2)nc1C. The van der Waals surface area contributed by atoms with Crippen LogP contribution in [-0.2, 0) is 11.0 Å². The first-order valence-electron chi connectivity index (χ1n) is 9.94. The molecule has 0 aliphatic heterocycles. The van der Waals surface area contributed by atoms with Crippen molar-refractivity contribution in [1.29, 1.82) is 0 Å². The number of thioether (sulfide) groups is 1. The summed E-state index contributed by atoms with van der Waals surface area (Å²) >= 11 is 1.64. The number of aliphatic carboxylic acids is 1. The number of rotatable bonds is 8. The van der Waals surface area contributed by atoms with Crippen LogP contribution in [0.1, 0.15) is 41.0 Å². The maximum Gasteiger partial charge on any atom is 0.416 e. The summed E-state index contributed by atoms with van der Waals surface area (Å²) in [4.78, 5) is 11.7.